The van der Waals surface area contributed by atoms with Gasteiger partial charge in [-0.2, -0.15) is 0 Å². The molecule has 11 heteroatoms. The third-order valence-electron chi connectivity index (χ3n) is 4.01. The van der Waals surface area contributed by atoms with E-state index in [1.165, 1.54) is 37.4 Å². The van der Waals surface area contributed by atoms with Crippen LogP contribution >= 0.6 is 11.3 Å². The molecule has 1 heterocycles. The number of thiophene rings is 1. The first-order chi connectivity index (χ1) is 14.2. The van der Waals surface area contributed by atoms with Crippen LogP contribution in [0.15, 0.2) is 40.6 Å². The highest BCUT2D eigenvalue weighted by atomic mass is 32.2. The molecule has 2 rings (SSSR count). The van der Waals surface area contributed by atoms with Crippen LogP contribution in [0.5, 0.6) is 0 Å². The summed E-state index contributed by atoms with van der Waals surface area (Å²) in [4.78, 5) is 36.0. The van der Waals surface area contributed by atoms with E-state index in [9.17, 15) is 22.8 Å². The third kappa shape index (κ3) is 6.12. The van der Waals surface area contributed by atoms with Crippen molar-refractivity contribution in [2.24, 2.45) is 0 Å². The maximum atomic E-state index is 12.2. The molecule has 1 aromatic carbocycles. The Balaban J connectivity index is 1.94. The smallest absolute Gasteiger partial charge is 0.350 e. The quantitative estimate of drug-likeness (QED) is 0.557. The van der Waals surface area contributed by atoms with Crippen molar-refractivity contribution < 1.29 is 32.3 Å². The average Bonchev–Trinajstić information content (AvgIpc) is 3.19. The number of carbonyl (C=O) groups is 3. The minimum Gasteiger partial charge on any atom is -0.465 e. The van der Waals surface area contributed by atoms with Crippen molar-refractivity contribution in [3.8, 4) is 0 Å². The zero-order chi connectivity index (χ0) is 22.3. The van der Waals surface area contributed by atoms with Gasteiger partial charge in [-0.1, -0.05) is 6.92 Å². The van der Waals surface area contributed by atoms with Gasteiger partial charge in [-0.25, -0.2) is 22.7 Å². The van der Waals surface area contributed by atoms with Gasteiger partial charge in [0.15, 0.2) is 6.61 Å². The van der Waals surface area contributed by atoms with Crippen molar-refractivity contribution in [3.63, 3.8) is 0 Å². The molecule has 1 atom stereocenters. The van der Waals surface area contributed by atoms with E-state index in [0.29, 0.717) is 6.42 Å². The number of hydrogen-bond acceptors (Lipinski definition) is 8. The molecule has 2 aromatic rings. The first kappa shape index (κ1) is 23.5. The molecule has 0 spiro atoms. The molecule has 1 aromatic heterocycles. The lowest BCUT2D eigenvalue weighted by Gasteiger charge is -2.12. The second kappa shape index (κ2) is 10.3. The van der Waals surface area contributed by atoms with E-state index in [0.717, 1.165) is 11.3 Å². The summed E-state index contributed by atoms with van der Waals surface area (Å²) in [6, 6.07) is 6.49. The number of rotatable bonds is 9. The predicted molar refractivity (Wildman–Crippen MR) is 111 cm³/mol. The summed E-state index contributed by atoms with van der Waals surface area (Å²) in [5.74, 6) is -2.01. The van der Waals surface area contributed by atoms with E-state index in [2.05, 4.69) is 14.8 Å². The van der Waals surface area contributed by atoms with Crippen molar-refractivity contribution in [3.05, 3.63) is 46.2 Å². The van der Waals surface area contributed by atoms with Gasteiger partial charge in [-0.15, -0.1) is 11.3 Å². The van der Waals surface area contributed by atoms with Gasteiger partial charge >= 0.3 is 11.9 Å². The van der Waals surface area contributed by atoms with Crippen molar-refractivity contribution in [2.45, 2.75) is 31.2 Å². The predicted octanol–water partition coefficient (Wildman–Crippen LogP) is 2.41. The number of benzene rings is 1. The molecule has 0 saturated heterocycles. The van der Waals surface area contributed by atoms with Gasteiger partial charge in [-0.05, 0) is 49.1 Å². The minimum atomic E-state index is -3.69. The number of carbonyl (C=O) groups excluding carboxylic acids is 3. The Morgan fingerprint density at radius 2 is 1.77 bits per heavy atom. The molecule has 0 saturated carbocycles. The summed E-state index contributed by atoms with van der Waals surface area (Å²) in [6.45, 7) is 3.03. The standard InChI is InChI=1S/C19H22N2O7S2/c1-4-12(2)21-30(25,26)14-7-5-13(6-8-14)18(23)28-11-16(22)20-15-9-10-29-17(15)19(24)27-3/h5-10,12,21H,4,11H2,1-3H3,(H,20,22). The van der Waals surface area contributed by atoms with Crippen molar-refractivity contribution >= 4 is 44.9 Å². The molecular formula is C19H22N2O7S2. The minimum absolute atomic E-state index is 0.0184. The Hall–Kier alpha value is -2.76. The number of amides is 1. The monoisotopic (exact) mass is 454 g/mol. The zero-order valence-corrected chi connectivity index (χ0v) is 18.3. The first-order valence-corrected chi connectivity index (χ1v) is 11.3. The summed E-state index contributed by atoms with van der Waals surface area (Å²) in [7, 11) is -2.46. The van der Waals surface area contributed by atoms with Gasteiger partial charge in [0.2, 0.25) is 10.0 Å². The summed E-state index contributed by atoms with van der Waals surface area (Å²) in [5.41, 5.74) is 0.354. The van der Waals surface area contributed by atoms with Crippen LogP contribution in [0.2, 0.25) is 0 Å². The zero-order valence-electron chi connectivity index (χ0n) is 16.6. The Kier molecular flexibility index (Phi) is 8.09. The number of sulfonamides is 1. The number of methoxy groups -OCH3 is 1. The van der Waals surface area contributed by atoms with Crippen molar-refractivity contribution in [2.75, 3.05) is 19.0 Å². The highest BCUT2D eigenvalue weighted by molar-refractivity contribution is 7.89. The fourth-order valence-corrected chi connectivity index (χ4v) is 4.34. The molecule has 1 unspecified atom stereocenters. The van der Waals surface area contributed by atoms with Gasteiger partial charge < -0.3 is 14.8 Å². The van der Waals surface area contributed by atoms with Gasteiger partial charge in [0.1, 0.15) is 4.88 Å². The topological polar surface area (TPSA) is 128 Å². The van der Waals surface area contributed by atoms with Gasteiger partial charge in [-0.3, -0.25) is 4.79 Å². The fraction of sp³-hybridized carbons (Fsp3) is 0.316. The third-order valence-corrected chi connectivity index (χ3v) is 6.51. The van der Waals surface area contributed by atoms with E-state index in [1.54, 1.807) is 12.3 Å². The summed E-state index contributed by atoms with van der Waals surface area (Å²) in [6.07, 6.45) is 0.637. The van der Waals surface area contributed by atoms with Crippen LogP contribution in [0.25, 0.3) is 0 Å². The maximum absolute atomic E-state index is 12.2. The van der Waals surface area contributed by atoms with E-state index in [-0.39, 0.29) is 27.1 Å². The second-order valence-electron chi connectivity index (χ2n) is 6.23. The molecule has 162 valence electrons. The number of nitrogens with one attached hydrogen (secondary N) is 2. The molecule has 0 aliphatic carbocycles. The van der Waals surface area contributed by atoms with Crippen LogP contribution in [-0.4, -0.2) is 46.0 Å². The van der Waals surface area contributed by atoms with E-state index >= 15 is 0 Å². The first-order valence-electron chi connectivity index (χ1n) is 8.93. The molecule has 30 heavy (non-hydrogen) atoms. The lowest BCUT2D eigenvalue weighted by Crippen LogP contribution is -2.32. The van der Waals surface area contributed by atoms with Crippen molar-refractivity contribution in [1.82, 2.24) is 4.72 Å². The number of hydrogen-bond donors (Lipinski definition) is 2. The van der Waals surface area contributed by atoms with E-state index < -0.39 is 34.5 Å². The molecule has 1 amide bonds. The fourth-order valence-electron chi connectivity index (χ4n) is 2.25. The second-order valence-corrected chi connectivity index (χ2v) is 8.86. The lowest BCUT2D eigenvalue weighted by atomic mass is 10.2. The Bertz CT molecular complexity index is 1010. The van der Waals surface area contributed by atoms with Gasteiger partial charge in [0.05, 0.1) is 23.3 Å². The van der Waals surface area contributed by atoms with Crippen LogP contribution in [0.1, 0.15) is 40.3 Å². The summed E-state index contributed by atoms with van der Waals surface area (Å²) in [5, 5.41) is 4.08. The summed E-state index contributed by atoms with van der Waals surface area (Å²) >= 11 is 1.10. The average molecular weight is 455 g/mol. The molecule has 0 bridgehead atoms. The molecule has 9 nitrogen and oxygen atoms in total. The van der Waals surface area contributed by atoms with Gasteiger partial charge in [0.25, 0.3) is 5.91 Å². The number of anilines is 1. The Labute approximate surface area is 178 Å². The van der Waals surface area contributed by atoms with E-state index in [1.807, 2.05) is 6.92 Å². The lowest BCUT2D eigenvalue weighted by molar-refractivity contribution is -0.119. The maximum Gasteiger partial charge on any atom is 0.350 e. The number of esters is 2. The SMILES string of the molecule is CCC(C)NS(=O)(=O)c1ccc(C(=O)OCC(=O)Nc2ccsc2C(=O)OC)cc1. The Morgan fingerprint density at radius 1 is 1.10 bits per heavy atom. The number of ether oxygens (including phenoxy) is 2. The highest BCUT2D eigenvalue weighted by Gasteiger charge is 2.19. The van der Waals surface area contributed by atoms with Crippen LogP contribution in [0.3, 0.4) is 0 Å². The summed E-state index contributed by atoms with van der Waals surface area (Å²) < 4.78 is 36.6. The van der Waals surface area contributed by atoms with Crippen LogP contribution < -0.4 is 10.0 Å². The Morgan fingerprint density at radius 3 is 2.37 bits per heavy atom. The van der Waals surface area contributed by atoms with E-state index in [4.69, 9.17) is 4.74 Å². The molecule has 2 N–H and O–H groups in total. The molecule has 0 radical (unpaired) electrons. The largest absolute Gasteiger partial charge is 0.465 e. The molecule has 0 aliphatic heterocycles. The van der Waals surface area contributed by atoms with Gasteiger partial charge in [0, 0.05) is 6.04 Å². The van der Waals surface area contributed by atoms with Crippen molar-refractivity contribution in [1.29, 1.82) is 0 Å². The van der Waals surface area contributed by atoms with Crippen LogP contribution in [-0.2, 0) is 24.3 Å². The highest BCUT2D eigenvalue weighted by Crippen LogP contribution is 2.23. The molecular weight excluding hydrogens is 432 g/mol. The van der Waals surface area contributed by atoms with Crippen LogP contribution in [0, 0.1) is 0 Å². The molecule has 0 aliphatic rings. The normalized spacial score (nSPS) is 12.1. The molecule has 0 fully saturated rings. The van der Waals surface area contributed by atoms with Crippen LogP contribution in [0.4, 0.5) is 5.69 Å².